The lowest BCUT2D eigenvalue weighted by atomic mass is 10.2. The zero-order valence-corrected chi connectivity index (χ0v) is 12.3. The Morgan fingerprint density at radius 2 is 1.91 bits per heavy atom. The first-order valence-electron chi connectivity index (χ1n) is 6.73. The minimum Gasteiger partial charge on any atom is -0.384 e. The number of nitrogens with two attached hydrogens (primary N) is 1. The fourth-order valence-corrected chi connectivity index (χ4v) is 1.70. The van der Waals surface area contributed by atoms with E-state index in [1.165, 1.54) is 30.3 Å². The Labute approximate surface area is 131 Å². The van der Waals surface area contributed by atoms with E-state index >= 15 is 0 Å². The van der Waals surface area contributed by atoms with Crippen LogP contribution in [0.5, 0.6) is 0 Å². The van der Waals surface area contributed by atoms with Crippen molar-refractivity contribution >= 4 is 17.4 Å². The van der Waals surface area contributed by atoms with Crippen LogP contribution >= 0.6 is 0 Å². The van der Waals surface area contributed by atoms with Gasteiger partial charge in [0.15, 0.2) is 12.4 Å². The van der Waals surface area contributed by atoms with E-state index in [2.05, 4.69) is 10.5 Å². The van der Waals surface area contributed by atoms with Crippen molar-refractivity contribution in [1.82, 2.24) is 0 Å². The highest BCUT2D eigenvalue weighted by atomic mass is 19.1. The Balaban J connectivity index is 1.87. The number of hydrogen-bond donors (Lipinski definition) is 2. The molecule has 0 saturated carbocycles. The third kappa shape index (κ3) is 4.77. The van der Waals surface area contributed by atoms with Gasteiger partial charge in [-0.1, -0.05) is 11.2 Å². The van der Waals surface area contributed by atoms with E-state index in [4.69, 9.17) is 10.6 Å². The van der Waals surface area contributed by atoms with Crippen LogP contribution in [0, 0.1) is 18.6 Å². The van der Waals surface area contributed by atoms with E-state index in [-0.39, 0.29) is 5.84 Å². The number of nitrogens with zero attached hydrogens (tertiary/aromatic N) is 1. The first-order valence-corrected chi connectivity index (χ1v) is 6.73. The Morgan fingerprint density at radius 3 is 2.57 bits per heavy atom. The quantitative estimate of drug-likeness (QED) is 0.505. The Bertz CT molecular complexity index is 731. The first-order chi connectivity index (χ1) is 11.0. The van der Waals surface area contributed by atoms with E-state index in [1.54, 1.807) is 19.1 Å². The molecule has 2 rings (SSSR count). The van der Waals surface area contributed by atoms with Crippen molar-refractivity contribution in [2.45, 2.75) is 6.92 Å². The third-order valence-electron chi connectivity index (χ3n) is 2.95. The number of rotatable bonds is 5. The normalized spacial score (nSPS) is 11.2. The summed E-state index contributed by atoms with van der Waals surface area (Å²) >= 11 is 0. The Kier molecular flexibility index (Phi) is 5.24. The van der Waals surface area contributed by atoms with Crippen LogP contribution < -0.4 is 11.1 Å². The average molecular weight is 319 g/mol. The van der Waals surface area contributed by atoms with Crippen LogP contribution in [0.1, 0.15) is 11.1 Å². The molecule has 0 heterocycles. The molecule has 0 aliphatic heterocycles. The Hall–Kier alpha value is -2.96. The highest BCUT2D eigenvalue weighted by Gasteiger charge is 2.06. The van der Waals surface area contributed by atoms with Crippen LogP contribution in [0.4, 0.5) is 14.5 Å². The SMILES string of the molecule is Cc1ccc(NC(=O)CON=C(N)c2ccc(F)cc2)cc1F. The number of benzene rings is 2. The summed E-state index contributed by atoms with van der Waals surface area (Å²) in [7, 11) is 0. The molecule has 0 aliphatic carbocycles. The largest absolute Gasteiger partial charge is 0.384 e. The van der Waals surface area contributed by atoms with Gasteiger partial charge in [-0.15, -0.1) is 0 Å². The number of halogens is 2. The summed E-state index contributed by atoms with van der Waals surface area (Å²) in [5.41, 5.74) is 6.91. The summed E-state index contributed by atoms with van der Waals surface area (Å²) in [6.45, 7) is 1.23. The maximum absolute atomic E-state index is 13.4. The molecule has 0 spiro atoms. The lowest BCUT2D eigenvalue weighted by molar-refractivity contribution is -0.120. The minimum absolute atomic E-state index is 0.0131. The monoisotopic (exact) mass is 319 g/mol. The maximum Gasteiger partial charge on any atom is 0.265 e. The smallest absolute Gasteiger partial charge is 0.265 e. The minimum atomic E-state index is -0.510. The number of carbonyl (C=O) groups is 1. The fourth-order valence-electron chi connectivity index (χ4n) is 1.70. The van der Waals surface area contributed by atoms with Gasteiger partial charge in [-0.3, -0.25) is 4.79 Å². The number of amides is 1. The summed E-state index contributed by atoms with van der Waals surface area (Å²) in [5, 5.41) is 6.04. The fraction of sp³-hybridized carbons (Fsp3) is 0.125. The number of anilines is 1. The molecule has 0 saturated heterocycles. The van der Waals surface area contributed by atoms with Crippen molar-refractivity contribution < 1.29 is 18.4 Å². The summed E-state index contributed by atoms with van der Waals surface area (Å²) in [6, 6.07) is 9.68. The summed E-state index contributed by atoms with van der Waals surface area (Å²) in [5.74, 6) is -1.31. The molecular weight excluding hydrogens is 304 g/mol. The molecule has 0 unspecified atom stereocenters. The molecule has 1 amide bonds. The molecule has 7 heteroatoms. The predicted octanol–water partition coefficient (Wildman–Crippen LogP) is 2.55. The van der Waals surface area contributed by atoms with Crippen molar-refractivity contribution in [1.29, 1.82) is 0 Å². The van der Waals surface area contributed by atoms with Crippen LogP contribution in [0.15, 0.2) is 47.6 Å². The van der Waals surface area contributed by atoms with E-state index in [9.17, 15) is 13.6 Å². The zero-order valence-electron chi connectivity index (χ0n) is 12.3. The van der Waals surface area contributed by atoms with Gasteiger partial charge in [0.1, 0.15) is 11.6 Å². The average Bonchev–Trinajstić information content (AvgIpc) is 2.51. The third-order valence-corrected chi connectivity index (χ3v) is 2.95. The summed E-state index contributed by atoms with van der Waals surface area (Å²) in [6.07, 6.45) is 0. The molecule has 120 valence electrons. The van der Waals surface area contributed by atoms with Crippen LogP contribution in [0.2, 0.25) is 0 Å². The van der Waals surface area contributed by atoms with Crippen LogP contribution in [0.25, 0.3) is 0 Å². The Morgan fingerprint density at radius 1 is 1.22 bits per heavy atom. The van der Waals surface area contributed by atoms with E-state index in [0.29, 0.717) is 16.8 Å². The number of hydrogen-bond acceptors (Lipinski definition) is 3. The van der Waals surface area contributed by atoms with E-state index in [1.807, 2.05) is 0 Å². The topological polar surface area (TPSA) is 76.7 Å². The van der Waals surface area contributed by atoms with Crippen LogP contribution in [0.3, 0.4) is 0 Å². The second-order valence-corrected chi connectivity index (χ2v) is 4.77. The lowest BCUT2D eigenvalue weighted by Gasteiger charge is -2.06. The standard InChI is InChI=1S/C16H15F2N3O2/c1-10-2-7-13(8-14(10)18)20-15(22)9-23-21-16(19)11-3-5-12(17)6-4-11/h2-8H,9H2,1H3,(H2,19,21)(H,20,22). The van der Waals surface area contributed by atoms with Gasteiger partial charge in [0.25, 0.3) is 5.91 Å². The molecule has 0 radical (unpaired) electrons. The predicted molar refractivity (Wildman–Crippen MR) is 82.8 cm³/mol. The number of amidine groups is 1. The summed E-state index contributed by atoms with van der Waals surface area (Å²) in [4.78, 5) is 16.5. The van der Waals surface area contributed by atoms with E-state index < -0.39 is 24.1 Å². The zero-order chi connectivity index (χ0) is 16.8. The van der Waals surface area contributed by atoms with Gasteiger partial charge in [0.05, 0.1) is 0 Å². The molecule has 23 heavy (non-hydrogen) atoms. The molecule has 5 nitrogen and oxygen atoms in total. The molecule has 0 aliphatic rings. The first kappa shape index (κ1) is 16.4. The van der Waals surface area contributed by atoms with Gasteiger partial charge in [-0.2, -0.15) is 0 Å². The van der Waals surface area contributed by atoms with Gasteiger partial charge >= 0.3 is 0 Å². The molecule has 0 bridgehead atoms. The number of carbonyl (C=O) groups excluding carboxylic acids is 1. The van der Waals surface area contributed by atoms with Gasteiger partial charge in [-0.25, -0.2) is 8.78 Å². The van der Waals surface area contributed by atoms with Gasteiger partial charge in [0, 0.05) is 11.3 Å². The molecule has 2 aromatic rings. The molecular formula is C16H15F2N3O2. The van der Waals surface area contributed by atoms with Gasteiger partial charge in [0.2, 0.25) is 0 Å². The molecule has 3 N–H and O–H groups in total. The van der Waals surface area contributed by atoms with Gasteiger partial charge in [-0.05, 0) is 48.9 Å². The van der Waals surface area contributed by atoms with Crippen molar-refractivity contribution in [3.05, 3.63) is 65.2 Å². The van der Waals surface area contributed by atoms with Crippen molar-refractivity contribution in [3.63, 3.8) is 0 Å². The van der Waals surface area contributed by atoms with E-state index in [0.717, 1.165) is 0 Å². The number of aryl methyl sites for hydroxylation is 1. The molecule has 0 fully saturated rings. The number of nitrogens with one attached hydrogen (secondary N) is 1. The molecule has 0 atom stereocenters. The molecule has 0 aromatic heterocycles. The molecule has 2 aromatic carbocycles. The van der Waals surface area contributed by atoms with Crippen molar-refractivity contribution in [3.8, 4) is 0 Å². The second kappa shape index (κ2) is 7.35. The van der Waals surface area contributed by atoms with Crippen LogP contribution in [-0.2, 0) is 9.63 Å². The second-order valence-electron chi connectivity index (χ2n) is 4.77. The summed E-state index contributed by atoms with van der Waals surface area (Å²) < 4.78 is 26.1. The number of oxime groups is 1. The van der Waals surface area contributed by atoms with Crippen molar-refractivity contribution in [2.24, 2.45) is 10.9 Å². The van der Waals surface area contributed by atoms with Gasteiger partial charge < -0.3 is 15.9 Å². The van der Waals surface area contributed by atoms with Crippen molar-refractivity contribution in [2.75, 3.05) is 11.9 Å². The van der Waals surface area contributed by atoms with Crippen LogP contribution in [-0.4, -0.2) is 18.3 Å². The highest BCUT2D eigenvalue weighted by molar-refractivity contribution is 5.97. The lowest BCUT2D eigenvalue weighted by Crippen LogP contribution is -2.19. The highest BCUT2D eigenvalue weighted by Crippen LogP contribution is 2.13. The maximum atomic E-state index is 13.4.